The molecular weight excluding hydrogens is 237 g/mol. The zero-order valence-corrected chi connectivity index (χ0v) is 9.03. The predicted molar refractivity (Wildman–Crippen MR) is 54.8 cm³/mol. The van der Waals surface area contributed by atoms with Crippen LogP contribution < -0.4 is 4.90 Å². The summed E-state index contributed by atoms with van der Waals surface area (Å²) in [6.07, 6.45) is -3.53. The Morgan fingerprint density at radius 1 is 1.53 bits per heavy atom. The molecule has 1 aromatic heterocycles. The minimum Gasteiger partial charge on any atom is -0.481 e. The molecule has 4 nitrogen and oxygen atoms in total. The van der Waals surface area contributed by atoms with E-state index in [2.05, 4.69) is 4.98 Å². The Morgan fingerprint density at radius 3 is 2.71 bits per heavy atom. The largest absolute Gasteiger partial charge is 0.481 e. The fraction of sp³-hybridized carbons (Fsp3) is 0.400. The molecule has 0 amide bonds. The van der Waals surface area contributed by atoms with Crippen molar-refractivity contribution in [2.24, 2.45) is 0 Å². The van der Waals surface area contributed by atoms with Crippen LogP contribution >= 0.6 is 0 Å². The van der Waals surface area contributed by atoms with Gasteiger partial charge < -0.3 is 10.0 Å². The molecule has 1 N–H and O–H groups in total. The molecule has 0 aliphatic heterocycles. The first-order chi connectivity index (χ1) is 7.80. The first-order valence-electron chi connectivity index (χ1n) is 4.77. The second-order valence-corrected chi connectivity index (χ2v) is 3.47. The number of carbonyl (C=O) groups is 1. The lowest BCUT2D eigenvalue weighted by Gasteiger charge is -2.18. The molecule has 1 aromatic rings. The summed E-state index contributed by atoms with van der Waals surface area (Å²) in [5, 5.41) is 8.47. The molecule has 0 spiro atoms. The van der Waals surface area contributed by atoms with Gasteiger partial charge in [-0.05, 0) is 12.1 Å². The maximum Gasteiger partial charge on any atom is 0.416 e. The zero-order valence-electron chi connectivity index (χ0n) is 9.03. The van der Waals surface area contributed by atoms with Gasteiger partial charge in [0.25, 0.3) is 0 Å². The van der Waals surface area contributed by atoms with Crippen molar-refractivity contribution in [1.29, 1.82) is 0 Å². The van der Waals surface area contributed by atoms with E-state index in [1.54, 1.807) is 0 Å². The van der Waals surface area contributed by atoms with Crippen LogP contribution in [0, 0.1) is 0 Å². The van der Waals surface area contributed by atoms with Crippen molar-refractivity contribution in [1.82, 2.24) is 4.98 Å². The highest BCUT2D eigenvalue weighted by atomic mass is 19.4. The molecule has 0 atom stereocenters. The predicted octanol–water partition coefficient (Wildman–Crippen LogP) is 2.01. The van der Waals surface area contributed by atoms with E-state index in [9.17, 15) is 18.0 Å². The summed E-state index contributed by atoms with van der Waals surface area (Å²) in [6.45, 7) is 0.101. The van der Waals surface area contributed by atoms with Crippen LogP contribution in [0.1, 0.15) is 12.0 Å². The lowest BCUT2D eigenvalue weighted by Crippen LogP contribution is -2.22. The standard InChI is InChI=1S/C10H11F3N2O2/c1-15(5-3-9(16)17)8-6-7(2-4-14-8)10(11,12)13/h2,4,6H,3,5H2,1H3,(H,16,17). The van der Waals surface area contributed by atoms with Crippen molar-refractivity contribution >= 4 is 11.8 Å². The van der Waals surface area contributed by atoms with Gasteiger partial charge in [0.05, 0.1) is 12.0 Å². The van der Waals surface area contributed by atoms with E-state index >= 15 is 0 Å². The fourth-order valence-electron chi connectivity index (χ4n) is 1.18. The molecule has 1 rings (SSSR count). The third kappa shape index (κ3) is 3.93. The molecule has 0 saturated carbocycles. The SMILES string of the molecule is CN(CCC(=O)O)c1cc(C(F)(F)F)ccn1. The Labute approximate surface area is 95.7 Å². The Balaban J connectivity index is 2.81. The van der Waals surface area contributed by atoms with Gasteiger partial charge in [0.2, 0.25) is 0 Å². The van der Waals surface area contributed by atoms with Crippen LogP contribution in [0.4, 0.5) is 19.0 Å². The monoisotopic (exact) mass is 248 g/mol. The van der Waals surface area contributed by atoms with Gasteiger partial charge in [-0.3, -0.25) is 4.79 Å². The summed E-state index contributed by atoms with van der Waals surface area (Å²) in [5.41, 5.74) is -0.801. The van der Waals surface area contributed by atoms with Crippen molar-refractivity contribution in [3.8, 4) is 0 Å². The van der Waals surface area contributed by atoms with E-state index in [1.165, 1.54) is 11.9 Å². The third-order valence-electron chi connectivity index (χ3n) is 2.13. The topological polar surface area (TPSA) is 53.4 Å². The highest BCUT2D eigenvalue weighted by Gasteiger charge is 2.30. The molecule has 0 saturated heterocycles. The van der Waals surface area contributed by atoms with Crippen LogP contribution in [-0.2, 0) is 11.0 Å². The molecule has 0 fully saturated rings. The first-order valence-corrected chi connectivity index (χ1v) is 4.77. The Morgan fingerprint density at radius 2 is 2.18 bits per heavy atom. The average Bonchev–Trinajstić information content (AvgIpc) is 2.25. The number of hydrogen-bond acceptors (Lipinski definition) is 3. The molecule has 0 aliphatic rings. The number of aliphatic carboxylic acids is 1. The molecular formula is C10H11F3N2O2. The van der Waals surface area contributed by atoms with Crippen LogP contribution in [0.25, 0.3) is 0 Å². The van der Waals surface area contributed by atoms with E-state index < -0.39 is 17.7 Å². The van der Waals surface area contributed by atoms with Gasteiger partial charge in [-0.25, -0.2) is 4.98 Å². The van der Waals surface area contributed by atoms with Crippen molar-refractivity contribution in [3.05, 3.63) is 23.9 Å². The van der Waals surface area contributed by atoms with E-state index in [1.807, 2.05) is 0 Å². The van der Waals surface area contributed by atoms with Crippen molar-refractivity contribution in [2.45, 2.75) is 12.6 Å². The molecule has 17 heavy (non-hydrogen) atoms. The third-order valence-corrected chi connectivity index (χ3v) is 2.13. The molecule has 7 heteroatoms. The van der Waals surface area contributed by atoms with Gasteiger partial charge in [-0.1, -0.05) is 0 Å². The average molecular weight is 248 g/mol. The summed E-state index contributed by atoms with van der Waals surface area (Å²) >= 11 is 0. The number of carboxylic acids is 1. The number of anilines is 1. The normalized spacial score (nSPS) is 11.3. The number of nitrogens with zero attached hydrogens (tertiary/aromatic N) is 2. The Hall–Kier alpha value is -1.79. The van der Waals surface area contributed by atoms with Crippen molar-refractivity contribution in [2.75, 3.05) is 18.5 Å². The van der Waals surface area contributed by atoms with Crippen LogP contribution in [0.5, 0.6) is 0 Å². The number of hydrogen-bond donors (Lipinski definition) is 1. The summed E-state index contributed by atoms with van der Waals surface area (Å²) in [6, 6.07) is 1.76. The van der Waals surface area contributed by atoms with Gasteiger partial charge >= 0.3 is 12.1 Å². The molecule has 94 valence electrons. The van der Waals surface area contributed by atoms with Gasteiger partial charge in [0, 0.05) is 19.8 Å². The van der Waals surface area contributed by atoms with Gasteiger partial charge in [-0.2, -0.15) is 13.2 Å². The lowest BCUT2D eigenvalue weighted by molar-refractivity contribution is -0.138. The van der Waals surface area contributed by atoms with Gasteiger partial charge in [0.15, 0.2) is 0 Å². The van der Waals surface area contributed by atoms with Crippen LogP contribution in [0.15, 0.2) is 18.3 Å². The summed E-state index contributed by atoms with van der Waals surface area (Å²) in [4.78, 5) is 15.5. The smallest absolute Gasteiger partial charge is 0.416 e. The highest BCUT2D eigenvalue weighted by Crippen LogP contribution is 2.30. The summed E-state index contributed by atoms with van der Waals surface area (Å²) in [5.74, 6) is -0.912. The van der Waals surface area contributed by atoms with Crippen molar-refractivity contribution < 1.29 is 23.1 Å². The summed E-state index contributed by atoms with van der Waals surface area (Å²) < 4.78 is 37.2. The van der Waals surface area contributed by atoms with Crippen LogP contribution in [0.2, 0.25) is 0 Å². The number of halogens is 3. The van der Waals surface area contributed by atoms with Gasteiger partial charge in [-0.15, -0.1) is 0 Å². The quantitative estimate of drug-likeness (QED) is 0.885. The minimum absolute atomic E-state index is 0.0982. The molecule has 0 radical (unpaired) electrons. The summed E-state index contributed by atoms with van der Waals surface area (Å²) in [7, 11) is 1.49. The molecule has 0 bridgehead atoms. The number of aromatic nitrogens is 1. The van der Waals surface area contributed by atoms with E-state index in [0.717, 1.165) is 18.3 Å². The van der Waals surface area contributed by atoms with E-state index in [0.29, 0.717) is 0 Å². The van der Waals surface area contributed by atoms with Crippen molar-refractivity contribution in [3.63, 3.8) is 0 Å². The molecule has 0 unspecified atom stereocenters. The number of alkyl halides is 3. The minimum atomic E-state index is -4.43. The van der Waals surface area contributed by atoms with E-state index in [4.69, 9.17) is 5.11 Å². The second kappa shape index (κ2) is 5.03. The van der Waals surface area contributed by atoms with E-state index in [-0.39, 0.29) is 18.8 Å². The number of rotatable bonds is 4. The molecule has 0 aliphatic carbocycles. The Bertz CT molecular complexity index is 407. The number of pyridine rings is 1. The molecule has 1 heterocycles. The highest BCUT2D eigenvalue weighted by molar-refractivity contribution is 5.67. The lowest BCUT2D eigenvalue weighted by atomic mass is 10.2. The Kier molecular flexibility index (Phi) is 3.93. The fourth-order valence-corrected chi connectivity index (χ4v) is 1.18. The zero-order chi connectivity index (χ0) is 13.1. The molecule has 0 aromatic carbocycles. The van der Waals surface area contributed by atoms with Crippen LogP contribution in [-0.4, -0.2) is 29.7 Å². The maximum atomic E-state index is 12.4. The number of carboxylic acid groups (broad SMARTS) is 1. The van der Waals surface area contributed by atoms with Crippen LogP contribution in [0.3, 0.4) is 0 Å². The maximum absolute atomic E-state index is 12.4. The first kappa shape index (κ1) is 13.3. The van der Waals surface area contributed by atoms with Gasteiger partial charge in [0.1, 0.15) is 5.82 Å². The second-order valence-electron chi connectivity index (χ2n) is 3.47.